The molecule has 18 heavy (non-hydrogen) atoms. The highest BCUT2D eigenvalue weighted by Gasteiger charge is 2.13. The molecule has 0 heterocycles. The van der Waals surface area contributed by atoms with Crippen LogP contribution in [-0.2, 0) is 9.53 Å². The van der Waals surface area contributed by atoms with Crippen molar-refractivity contribution < 1.29 is 14.3 Å². The lowest BCUT2D eigenvalue weighted by molar-refractivity contribution is -0.140. The lowest BCUT2D eigenvalue weighted by atomic mass is 10.3. The summed E-state index contributed by atoms with van der Waals surface area (Å²) in [5.41, 5.74) is 0.829. The number of urea groups is 1. The van der Waals surface area contributed by atoms with E-state index < -0.39 is 0 Å². The van der Waals surface area contributed by atoms with E-state index in [-0.39, 0.29) is 25.0 Å². The molecular formula is C13H18N2O3. The molecule has 1 rings (SSSR count). The van der Waals surface area contributed by atoms with E-state index in [9.17, 15) is 9.59 Å². The predicted molar refractivity (Wildman–Crippen MR) is 69.5 cm³/mol. The number of methoxy groups -OCH3 is 1. The van der Waals surface area contributed by atoms with Crippen LogP contribution in [0.3, 0.4) is 0 Å². The summed E-state index contributed by atoms with van der Waals surface area (Å²) in [5, 5.41) is 2.68. The van der Waals surface area contributed by atoms with Crippen LogP contribution < -0.4 is 10.2 Å². The van der Waals surface area contributed by atoms with Gasteiger partial charge < -0.3 is 10.1 Å². The average molecular weight is 250 g/mol. The van der Waals surface area contributed by atoms with Crippen molar-refractivity contribution in [2.75, 3.05) is 25.1 Å². The first kappa shape index (κ1) is 14.0. The van der Waals surface area contributed by atoms with Crippen LogP contribution in [0.4, 0.5) is 10.5 Å². The van der Waals surface area contributed by atoms with Gasteiger partial charge in [-0.15, -0.1) is 0 Å². The van der Waals surface area contributed by atoms with Crippen molar-refractivity contribution in [1.82, 2.24) is 5.32 Å². The molecule has 0 aliphatic carbocycles. The standard InChI is InChI=1S/C13H18N2O3/c1-3-15(11-7-5-4-6-8-11)13(17)14-10-9-12(16)18-2/h4-8H,3,9-10H2,1-2H3,(H,14,17). The maximum absolute atomic E-state index is 11.9. The van der Waals surface area contributed by atoms with Gasteiger partial charge in [-0.2, -0.15) is 0 Å². The first-order chi connectivity index (χ1) is 8.69. The van der Waals surface area contributed by atoms with Crippen LogP contribution in [0.2, 0.25) is 0 Å². The monoisotopic (exact) mass is 250 g/mol. The van der Waals surface area contributed by atoms with E-state index >= 15 is 0 Å². The highest BCUT2D eigenvalue weighted by molar-refractivity contribution is 5.92. The summed E-state index contributed by atoms with van der Waals surface area (Å²) in [6.45, 7) is 2.73. The van der Waals surface area contributed by atoms with Crippen LogP contribution in [0, 0.1) is 0 Å². The Morgan fingerprint density at radius 1 is 1.28 bits per heavy atom. The largest absolute Gasteiger partial charge is 0.469 e. The highest BCUT2D eigenvalue weighted by Crippen LogP contribution is 2.12. The second-order valence-electron chi connectivity index (χ2n) is 3.64. The number of hydrogen-bond donors (Lipinski definition) is 1. The number of amides is 2. The number of anilines is 1. The Morgan fingerprint density at radius 2 is 1.94 bits per heavy atom. The van der Waals surface area contributed by atoms with E-state index in [1.165, 1.54) is 7.11 Å². The topological polar surface area (TPSA) is 58.6 Å². The van der Waals surface area contributed by atoms with E-state index in [2.05, 4.69) is 10.1 Å². The maximum Gasteiger partial charge on any atom is 0.321 e. The van der Waals surface area contributed by atoms with Gasteiger partial charge in [-0.25, -0.2) is 4.79 Å². The number of ether oxygens (including phenoxy) is 1. The zero-order valence-corrected chi connectivity index (χ0v) is 10.7. The molecule has 0 atom stereocenters. The number of benzene rings is 1. The Hall–Kier alpha value is -2.04. The van der Waals surface area contributed by atoms with E-state index in [0.717, 1.165) is 5.69 Å². The van der Waals surface area contributed by atoms with Crippen LogP contribution in [0.5, 0.6) is 0 Å². The SMILES string of the molecule is CCN(C(=O)NCCC(=O)OC)c1ccccc1. The van der Waals surface area contributed by atoms with Gasteiger partial charge in [0.15, 0.2) is 0 Å². The number of para-hydroxylation sites is 1. The molecular weight excluding hydrogens is 232 g/mol. The number of hydrogen-bond acceptors (Lipinski definition) is 3. The van der Waals surface area contributed by atoms with Crippen LogP contribution in [0.15, 0.2) is 30.3 Å². The Morgan fingerprint density at radius 3 is 2.50 bits per heavy atom. The van der Waals surface area contributed by atoms with Crippen molar-refractivity contribution in [3.63, 3.8) is 0 Å². The van der Waals surface area contributed by atoms with Gasteiger partial charge in [0.25, 0.3) is 0 Å². The second-order valence-corrected chi connectivity index (χ2v) is 3.64. The number of esters is 1. The molecule has 1 N–H and O–H groups in total. The van der Waals surface area contributed by atoms with Crippen molar-refractivity contribution in [2.45, 2.75) is 13.3 Å². The molecule has 98 valence electrons. The van der Waals surface area contributed by atoms with Gasteiger partial charge in [-0.05, 0) is 19.1 Å². The van der Waals surface area contributed by atoms with E-state index in [1.54, 1.807) is 4.90 Å². The summed E-state index contributed by atoms with van der Waals surface area (Å²) < 4.78 is 4.50. The third-order valence-corrected chi connectivity index (χ3v) is 2.46. The Labute approximate surface area is 107 Å². The molecule has 5 heteroatoms. The average Bonchev–Trinajstić information content (AvgIpc) is 2.40. The zero-order valence-electron chi connectivity index (χ0n) is 10.7. The fourth-order valence-corrected chi connectivity index (χ4v) is 1.52. The number of rotatable bonds is 5. The summed E-state index contributed by atoms with van der Waals surface area (Å²) in [6.07, 6.45) is 0.175. The molecule has 0 saturated carbocycles. The minimum absolute atomic E-state index is 0.175. The number of carbonyl (C=O) groups is 2. The quantitative estimate of drug-likeness (QED) is 0.810. The van der Waals surface area contributed by atoms with Crippen LogP contribution in [-0.4, -0.2) is 32.2 Å². The van der Waals surface area contributed by atoms with E-state index in [1.807, 2.05) is 37.3 Å². The number of nitrogens with zero attached hydrogens (tertiary/aromatic N) is 1. The predicted octanol–water partition coefficient (Wildman–Crippen LogP) is 1.79. The summed E-state index contributed by atoms with van der Waals surface area (Å²) >= 11 is 0. The van der Waals surface area contributed by atoms with Gasteiger partial charge in [-0.1, -0.05) is 18.2 Å². The van der Waals surface area contributed by atoms with Crippen LogP contribution in [0.25, 0.3) is 0 Å². The van der Waals surface area contributed by atoms with Crippen molar-refractivity contribution in [2.24, 2.45) is 0 Å². The van der Waals surface area contributed by atoms with Crippen molar-refractivity contribution >= 4 is 17.7 Å². The Kier molecular flexibility index (Phi) is 5.70. The molecule has 0 fully saturated rings. The lowest BCUT2D eigenvalue weighted by Gasteiger charge is -2.21. The molecule has 1 aromatic rings. The fraction of sp³-hybridized carbons (Fsp3) is 0.385. The molecule has 0 aliphatic heterocycles. The van der Waals surface area contributed by atoms with Gasteiger partial charge >= 0.3 is 12.0 Å². The molecule has 0 aromatic heterocycles. The van der Waals surface area contributed by atoms with Crippen LogP contribution in [0.1, 0.15) is 13.3 Å². The summed E-state index contributed by atoms with van der Waals surface area (Å²) in [5.74, 6) is -0.335. The Balaban J connectivity index is 2.51. The van der Waals surface area contributed by atoms with Gasteiger partial charge in [-0.3, -0.25) is 9.69 Å². The third-order valence-electron chi connectivity index (χ3n) is 2.46. The van der Waals surface area contributed by atoms with Gasteiger partial charge in [0.05, 0.1) is 13.5 Å². The van der Waals surface area contributed by atoms with Gasteiger partial charge in [0, 0.05) is 18.8 Å². The molecule has 0 radical (unpaired) electrons. The molecule has 2 amide bonds. The first-order valence-electron chi connectivity index (χ1n) is 5.86. The van der Waals surface area contributed by atoms with Crippen LogP contribution >= 0.6 is 0 Å². The third kappa shape index (κ3) is 4.08. The lowest BCUT2D eigenvalue weighted by Crippen LogP contribution is -2.40. The number of nitrogens with one attached hydrogen (secondary N) is 1. The minimum atomic E-state index is -0.335. The van der Waals surface area contributed by atoms with E-state index in [4.69, 9.17) is 0 Å². The fourth-order valence-electron chi connectivity index (χ4n) is 1.52. The Bertz CT molecular complexity index is 392. The summed E-state index contributed by atoms with van der Waals surface area (Å²) in [4.78, 5) is 24.4. The molecule has 0 unspecified atom stereocenters. The molecule has 0 spiro atoms. The minimum Gasteiger partial charge on any atom is -0.469 e. The second kappa shape index (κ2) is 7.32. The smallest absolute Gasteiger partial charge is 0.321 e. The van der Waals surface area contributed by atoms with Crippen molar-refractivity contribution in [1.29, 1.82) is 0 Å². The summed E-state index contributed by atoms with van der Waals surface area (Å²) in [7, 11) is 1.33. The molecule has 0 aliphatic rings. The van der Waals surface area contributed by atoms with Gasteiger partial charge in [0.2, 0.25) is 0 Å². The van der Waals surface area contributed by atoms with Gasteiger partial charge in [0.1, 0.15) is 0 Å². The molecule has 0 bridgehead atoms. The van der Waals surface area contributed by atoms with Crippen molar-refractivity contribution in [3.8, 4) is 0 Å². The molecule has 0 saturated heterocycles. The normalized spacial score (nSPS) is 9.67. The van der Waals surface area contributed by atoms with E-state index in [0.29, 0.717) is 6.54 Å². The maximum atomic E-state index is 11.9. The molecule has 5 nitrogen and oxygen atoms in total. The summed E-state index contributed by atoms with van der Waals surface area (Å²) in [6, 6.07) is 9.16. The first-order valence-corrected chi connectivity index (χ1v) is 5.86. The molecule has 1 aromatic carbocycles. The number of carbonyl (C=O) groups excluding carboxylic acids is 2. The van der Waals surface area contributed by atoms with Crippen molar-refractivity contribution in [3.05, 3.63) is 30.3 Å². The zero-order chi connectivity index (χ0) is 13.4. The highest BCUT2D eigenvalue weighted by atomic mass is 16.5.